The lowest BCUT2D eigenvalue weighted by Gasteiger charge is -2.13. The molecule has 0 saturated heterocycles. The Kier molecular flexibility index (Phi) is 5.08. The number of fused-ring (bicyclic) bond motifs is 1. The van der Waals surface area contributed by atoms with Crippen LogP contribution in [0.5, 0.6) is 0 Å². The first-order chi connectivity index (χ1) is 15.1. The molecule has 5 nitrogen and oxygen atoms in total. The van der Waals surface area contributed by atoms with E-state index < -0.39 is 0 Å². The Hall–Kier alpha value is -3.38. The van der Waals surface area contributed by atoms with Gasteiger partial charge in [-0.25, -0.2) is 4.79 Å². The zero-order valence-electron chi connectivity index (χ0n) is 17.1. The zero-order valence-corrected chi connectivity index (χ0v) is 17.9. The van der Waals surface area contributed by atoms with Gasteiger partial charge in [-0.3, -0.25) is 9.36 Å². The standard InChI is InChI=1S/C25H22N2O3S/c1-30-24(28)20-13-18(17-7-8-17)9-11-21(20)26-19-10-12-22-23(14-19)31-25(29)27(22)15-16-5-3-2-4-6-16/h2-6,9-14,17,26H,7-8,15H2,1H3. The first-order valence-electron chi connectivity index (χ1n) is 10.3. The second-order valence-corrected chi connectivity index (χ2v) is 8.81. The highest BCUT2D eigenvalue weighted by atomic mass is 32.1. The lowest BCUT2D eigenvalue weighted by atomic mass is 10.0. The van der Waals surface area contributed by atoms with Crippen LogP contribution in [0.25, 0.3) is 10.2 Å². The molecule has 156 valence electrons. The van der Waals surface area contributed by atoms with E-state index in [1.165, 1.54) is 36.9 Å². The van der Waals surface area contributed by atoms with Crippen molar-refractivity contribution in [2.75, 3.05) is 12.4 Å². The van der Waals surface area contributed by atoms with Gasteiger partial charge < -0.3 is 10.1 Å². The Morgan fingerprint density at radius 1 is 1.10 bits per heavy atom. The van der Waals surface area contributed by atoms with Gasteiger partial charge in [-0.15, -0.1) is 0 Å². The summed E-state index contributed by atoms with van der Waals surface area (Å²) in [6, 6.07) is 21.7. The summed E-state index contributed by atoms with van der Waals surface area (Å²) in [7, 11) is 1.40. The number of carbonyl (C=O) groups excluding carboxylic acids is 1. The molecule has 1 N–H and O–H groups in total. The van der Waals surface area contributed by atoms with Crippen molar-refractivity contribution in [2.24, 2.45) is 0 Å². The third kappa shape index (κ3) is 3.99. The summed E-state index contributed by atoms with van der Waals surface area (Å²) >= 11 is 1.23. The number of rotatable bonds is 6. The number of nitrogens with one attached hydrogen (secondary N) is 1. The van der Waals surface area contributed by atoms with E-state index in [1.54, 1.807) is 4.57 Å². The van der Waals surface area contributed by atoms with Crippen LogP contribution >= 0.6 is 11.3 Å². The number of ether oxygens (including phenoxy) is 1. The molecule has 5 rings (SSSR count). The van der Waals surface area contributed by atoms with Gasteiger partial charge in [0, 0.05) is 5.69 Å². The van der Waals surface area contributed by atoms with Crippen LogP contribution < -0.4 is 10.2 Å². The van der Waals surface area contributed by atoms with Gasteiger partial charge in [0.25, 0.3) is 0 Å². The quantitative estimate of drug-likeness (QED) is 0.409. The SMILES string of the molecule is COC(=O)c1cc(C2CC2)ccc1Nc1ccc2c(c1)sc(=O)n2Cc1ccccc1. The number of esters is 1. The highest BCUT2D eigenvalue weighted by molar-refractivity contribution is 7.16. The first-order valence-corrected chi connectivity index (χ1v) is 11.1. The molecule has 4 aromatic rings. The fraction of sp³-hybridized carbons (Fsp3) is 0.200. The Bertz CT molecular complexity index is 1320. The van der Waals surface area contributed by atoms with Gasteiger partial charge in [0.1, 0.15) is 0 Å². The smallest absolute Gasteiger partial charge is 0.339 e. The molecule has 0 unspecified atom stereocenters. The fourth-order valence-electron chi connectivity index (χ4n) is 3.84. The van der Waals surface area contributed by atoms with Gasteiger partial charge in [-0.1, -0.05) is 47.7 Å². The van der Waals surface area contributed by atoms with Crippen LogP contribution in [-0.2, 0) is 11.3 Å². The van der Waals surface area contributed by atoms with E-state index in [9.17, 15) is 9.59 Å². The maximum atomic E-state index is 12.6. The Morgan fingerprint density at radius 2 is 1.90 bits per heavy atom. The number of carbonyl (C=O) groups is 1. The van der Waals surface area contributed by atoms with Crippen molar-refractivity contribution in [3.8, 4) is 0 Å². The maximum Gasteiger partial charge on any atom is 0.339 e. The van der Waals surface area contributed by atoms with Crippen LogP contribution in [0, 0.1) is 0 Å². The highest BCUT2D eigenvalue weighted by Gasteiger charge is 2.25. The van der Waals surface area contributed by atoms with E-state index in [2.05, 4.69) is 11.4 Å². The summed E-state index contributed by atoms with van der Waals surface area (Å²) < 4.78 is 7.69. The molecule has 1 aliphatic carbocycles. The molecule has 6 heteroatoms. The summed E-state index contributed by atoms with van der Waals surface area (Å²) in [5.74, 6) is 0.195. The molecule has 0 spiro atoms. The van der Waals surface area contributed by atoms with Crippen LogP contribution in [0.2, 0.25) is 0 Å². The Balaban J connectivity index is 1.46. The van der Waals surface area contributed by atoms with Crippen LogP contribution in [0.3, 0.4) is 0 Å². The van der Waals surface area contributed by atoms with E-state index in [0.29, 0.717) is 23.7 Å². The highest BCUT2D eigenvalue weighted by Crippen LogP contribution is 2.41. The average molecular weight is 431 g/mol. The van der Waals surface area contributed by atoms with Gasteiger partial charge in [0.05, 0.1) is 35.1 Å². The second kappa shape index (κ2) is 8.04. The number of thiazole rings is 1. The van der Waals surface area contributed by atoms with Crippen molar-refractivity contribution in [3.05, 3.63) is 93.1 Å². The van der Waals surface area contributed by atoms with Gasteiger partial charge in [0.2, 0.25) is 0 Å². The van der Waals surface area contributed by atoms with Gasteiger partial charge >= 0.3 is 10.8 Å². The molecular formula is C25H22N2O3S. The summed E-state index contributed by atoms with van der Waals surface area (Å²) in [6.45, 7) is 0.543. The third-order valence-corrected chi connectivity index (χ3v) is 6.57. The van der Waals surface area contributed by atoms with Gasteiger partial charge in [0.15, 0.2) is 0 Å². The molecule has 3 aromatic carbocycles. The molecule has 1 saturated carbocycles. The molecule has 0 amide bonds. The Morgan fingerprint density at radius 3 is 2.65 bits per heavy atom. The number of aromatic nitrogens is 1. The minimum atomic E-state index is -0.357. The monoisotopic (exact) mass is 430 g/mol. The van der Waals surface area contributed by atoms with Crippen molar-refractivity contribution in [1.29, 1.82) is 0 Å². The number of anilines is 2. The topological polar surface area (TPSA) is 60.3 Å². The number of benzene rings is 3. The molecule has 31 heavy (non-hydrogen) atoms. The summed E-state index contributed by atoms with van der Waals surface area (Å²) in [6.07, 6.45) is 2.34. The van der Waals surface area contributed by atoms with E-state index in [4.69, 9.17) is 4.74 Å². The summed E-state index contributed by atoms with van der Waals surface area (Å²) in [4.78, 5) is 25.0. The van der Waals surface area contributed by atoms with Crippen molar-refractivity contribution >= 4 is 38.9 Å². The van der Waals surface area contributed by atoms with Crippen LogP contribution in [0.15, 0.2) is 71.5 Å². The Labute approximate surface area is 183 Å². The number of hydrogen-bond acceptors (Lipinski definition) is 5. The van der Waals surface area contributed by atoms with Crippen molar-refractivity contribution in [1.82, 2.24) is 4.57 Å². The predicted octanol–water partition coefficient (Wildman–Crippen LogP) is 5.52. The lowest BCUT2D eigenvalue weighted by molar-refractivity contribution is 0.0602. The predicted molar refractivity (Wildman–Crippen MR) is 125 cm³/mol. The van der Waals surface area contributed by atoms with Crippen molar-refractivity contribution in [3.63, 3.8) is 0 Å². The fourth-order valence-corrected chi connectivity index (χ4v) is 4.77. The molecule has 1 fully saturated rings. The molecule has 1 aliphatic rings. The minimum absolute atomic E-state index is 0.0139. The third-order valence-electron chi connectivity index (χ3n) is 5.63. The van der Waals surface area contributed by atoms with Crippen molar-refractivity contribution < 1.29 is 9.53 Å². The number of hydrogen-bond donors (Lipinski definition) is 1. The molecule has 1 heterocycles. The minimum Gasteiger partial charge on any atom is -0.465 e. The average Bonchev–Trinajstić information content (AvgIpc) is 3.59. The van der Waals surface area contributed by atoms with E-state index in [-0.39, 0.29) is 10.8 Å². The molecule has 0 radical (unpaired) electrons. The normalized spacial score (nSPS) is 13.3. The van der Waals surface area contributed by atoms with Crippen LogP contribution in [-0.4, -0.2) is 17.6 Å². The zero-order chi connectivity index (χ0) is 21.4. The van der Waals surface area contributed by atoms with Gasteiger partial charge in [-0.2, -0.15) is 0 Å². The molecule has 0 atom stereocenters. The second-order valence-electron chi connectivity index (χ2n) is 7.82. The van der Waals surface area contributed by atoms with Crippen molar-refractivity contribution in [2.45, 2.75) is 25.3 Å². The largest absolute Gasteiger partial charge is 0.465 e. The summed E-state index contributed by atoms with van der Waals surface area (Å²) in [5.41, 5.74) is 5.22. The number of methoxy groups -OCH3 is 1. The summed E-state index contributed by atoms with van der Waals surface area (Å²) in [5, 5.41) is 3.34. The first kappa shape index (κ1) is 19.6. The van der Waals surface area contributed by atoms with E-state index in [1.807, 2.05) is 60.7 Å². The van der Waals surface area contributed by atoms with Gasteiger partial charge in [-0.05, 0) is 60.2 Å². The van der Waals surface area contributed by atoms with Crippen LogP contribution in [0.1, 0.15) is 40.2 Å². The van der Waals surface area contributed by atoms with E-state index >= 15 is 0 Å². The molecule has 0 aliphatic heterocycles. The van der Waals surface area contributed by atoms with Crippen LogP contribution in [0.4, 0.5) is 11.4 Å². The molecule has 0 bridgehead atoms. The lowest BCUT2D eigenvalue weighted by Crippen LogP contribution is -2.13. The van der Waals surface area contributed by atoms with E-state index in [0.717, 1.165) is 21.5 Å². The maximum absolute atomic E-state index is 12.6. The molecule has 1 aromatic heterocycles. The molecular weight excluding hydrogens is 408 g/mol. The number of nitrogens with zero attached hydrogens (tertiary/aromatic N) is 1.